The second kappa shape index (κ2) is 3.18. The van der Waals surface area contributed by atoms with Crippen LogP contribution in [0.25, 0.3) is 0 Å². The average molecular weight is 140 g/mol. The maximum Gasteiger partial charge on any atom is 0.120 e. The number of carbonyl (C=O) groups is 1. The predicted molar refractivity (Wildman–Crippen MR) is 41.9 cm³/mol. The molecule has 0 unspecified atom stereocenters. The van der Waals surface area contributed by atoms with Crippen molar-refractivity contribution in [3.63, 3.8) is 0 Å². The second-order valence-electron chi connectivity index (χ2n) is 3.41. The molecule has 0 radical (unpaired) electrons. The summed E-state index contributed by atoms with van der Waals surface area (Å²) in [6.45, 7) is 2.24. The molecule has 1 rings (SSSR count). The Labute approximate surface area is 62.8 Å². The van der Waals surface area contributed by atoms with E-state index in [1.165, 1.54) is 25.7 Å². The van der Waals surface area contributed by atoms with Crippen LogP contribution < -0.4 is 0 Å². The Kier molecular flexibility index (Phi) is 2.47. The van der Waals surface area contributed by atoms with E-state index in [1.807, 2.05) is 0 Å². The lowest BCUT2D eigenvalue weighted by Gasteiger charge is -2.41. The maximum absolute atomic E-state index is 10.1. The molecular weight excluding hydrogens is 124 g/mol. The van der Waals surface area contributed by atoms with Gasteiger partial charge >= 0.3 is 0 Å². The summed E-state index contributed by atoms with van der Waals surface area (Å²) in [4.78, 5) is 10.1. The zero-order valence-electron chi connectivity index (χ0n) is 6.73. The molecule has 1 fully saturated rings. The molecule has 0 aromatic heterocycles. The number of aldehydes is 1. The standard InChI is InChI=1S/C9H16O/c1-2-9(5-3-6-9)7-4-8-10/h8H,2-7H2,1H3. The van der Waals surface area contributed by atoms with Gasteiger partial charge in [-0.3, -0.25) is 0 Å². The fourth-order valence-corrected chi connectivity index (χ4v) is 1.82. The molecule has 0 aromatic carbocycles. The van der Waals surface area contributed by atoms with E-state index in [4.69, 9.17) is 0 Å². The summed E-state index contributed by atoms with van der Waals surface area (Å²) < 4.78 is 0. The van der Waals surface area contributed by atoms with Gasteiger partial charge < -0.3 is 4.79 Å². The van der Waals surface area contributed by atoms with Gasteiger partial charge in [-0.1, -0.05) is 19.8 Å². The fourth-order valence-electron chi connectivity index (χ4n) is 1.82. The molecule has 0 spiro atoms. The van der Waals surface area contributed by atoms with E-state index in [0.29, 0.717) is 5.41 Å². The quantitative estimate of drug-likeness (QED) is 0.548. The first-order chi connectivity index (χ1) is 4.83. The van der Waals surface area contributed by atoms with Crippen molar-refractivity contribution >= 4 is 6.29 Å². The van der Waals surface area contributed by atoms with Crippen LogP contribution in [-0.2, 0) is 4.79 Å². The summed E-state index contributed by atoms with van der Waals surface area (Å²) in [6, 6.07) is 0. The zero-order valence-corrected chi connectivity index (χ0v) is 6.73. The Morgan fingerprint density at radius 1 is 1.50 bits per heavy atom. The zero-order chi connectivity index (χ0) is 7.45. The van der Waals surface area contributed by atoms with E-state index in [2.05, 4.69) is 6.92 Å². The third-order valence-corrected chi connectivity index (χ3v) is 2.96. The highest BCUT2D eigenvalue weighted by Gasteiger charge is 2.33. The Morgan fingerprint density at radius 3 is 2.50 bits per heavy atom. The van der Waals surface area contributed by atoms with Gasteiger partial charge in [0.05, 0.1) is 0 Å². The molecule has 0 saturated heterocycles. The maximum atomic E-state index is 10.1. The van der Waals surface area contributed by atoms with E-state index in [-0.39, 0.29) is 0 Å². The summed E-state index contributed by atoms with van der Waals surface area (Å²) in [6.07, 6.45) is 8.32. The summed E-state index contributed by atoms with van der Waals surface area (Å²) in [5.41, 5.74) is 0.584. The van der Waals surface area contributed by atoms with Crippen molar-refractivity contribution in [2.45, 2.75) is 45.4 Å². The molecule has 1 aliphatic carbocycles. The van der Waals surface area contributed by atoms with Gasteiger partial charge in [0.2, 0.25) is 0 Å². The lowest BCUT2D eigenvalue weighted by atomic mass is 9.64. The second-order valence-corrected chi connectivity index (χ2v) is 3.41. The van der Waals surface area contributed by atoms with Crippen LogP contribution in [0.4, 0.5) is 0 Å². The fraction of sp³-hybridized carbons (Fsp3) is 0.889. The predicted octanol–water partition coefficient (Wildman–Crippen LogP) is 2.55. The molecular formula is C9H16O. The largest absolute Gasteiger partial charge is 0.303 e. The number of hydrogen-bond donors (Lipinski definition) is 0. The highest BCUT2D eigenvalue weighted by atomic mass is 16.1. The van der Waals surface area contributed by atoms with Gasteiger partial charge in [-0.15, -0.1) is 0 Å². The molecule has 0 bridgehead atoms. The molecule has 1 saturated carbocycles. The normalized spacial score (nSPS) is 21.7. The lowest BCUT2D eigenvalue weighted by Crippen LogP contribution is -2.28. The monoisotopic (exact) mass is 140 g/mol. The summed E-state index contributed by atoms with van der Waals surface area (Å²) in [5.74, 6) is 0. The van der Waals surface area contributed by atoms with Crippen LogP contribution in [0, 0.1) is 5.41 Å². The third kappa shape index (κ3) is 1.39. The number of hydrogen-bond acceptors (Lipinski definition) is 1. The van der Waals surface area contributed by atoms with Crippen molar-refractivity contribution in [2.75, 3.05) is 0 Å². The van der Waals surface area contributed by atoms with E-state index >= 15 is 0 Å². The molecule has 0 aliphatic heterocycles. The van der Waals surface area contributed by atoms with E-state index in [0.717, 1.165) is 19.1 Å². The summed E-state index contributed by atoms with van der Waals surface area (Å²) >= 11 is 0. The van der Waals surface area contributed by atoms with Crippen molar-refractivity contribution < 1.29 is 4.79 Å². The Hall–Kier alpha value is -0.330. The topological polar surface area (TPSA) is 17.1 Å². The van der Waals surface area contributed by atoms with Gasteiger partial charge in [0.25, 0.3) is 0 Å². The van der Waals surface area contributed by atoms with Crippen LogP contribution in [0.5, 0.6) is 0 Å². The van der Waals surface area contributed by atoms with E-state index in [9.17, 15) is 4.79 Å². The van der Waals surface area contributed by atoms with Gasteiger partial charge in [0.15, 0.2) is 0 Å². The first-order valence-corrected chi connectivity index (χ1v) is 4.27. The van der Waals surface area contributed by atoms with Gasteiger partial charge in [-0.05, 0) is 24.7 Å². The van der Waals surface area contributed by atoms with Gasteiger partial charge in [-0.25, -0.2) is 0 Å². The minimum Gasteiger partial charge on any atom is -0.303 e. The molecule has 0 amide bonds. The molecule has 0 N–H and O–H groups in total. The Bertz CT molecular complexity index is 108. The summed E-state index contributed by atoms with van der Waals surface area (Å²) in [5, 5.41) is 0. The van der Waals surface area contributed by atoms with Gasteiger partial charge in [0.1, 0.15) is 6.29 Å². The van der Waals surface area contributed by atoms with Crippen molar-refractivity contribution in [1.29, 1.82) is 0 Å². The van der Waals surface area contributed by atoms with Crippen molar-refractivity contribution in [1.82, 2.24) is 0 Å². The lowest BCUT2D eigenvalue weighted by molar-refractivity contribution is -0.108. The van der Waals surface area contributed by atoms with Crippen molar-refractivity contribution in [3.8, 4) is 0 Å². The SMILES string of the molecule is CCC1(CCC=O)CCC1. The molecule has 0 atom stereocenters. The van der Waals surface area contributed by atoms with Gasteiger partial charge in [0, 0.05) is 6.42 Å². The molecule has 1 heteroatoms. The van der Waals surface area contributed by atoms with Crippen LogP contribution in [0.1, 0.15) is 45.4 Å². The minimum atomic E-state index is 0.584. The van der Waals surface area contributed by atoms with Crippen LogP contribution in [0.15, 0.2) is 0 Å². The highest BCUT2D eigenvalue weighted by Crippen LogP contribution is 2.47. The van der Waals surface area contributed by atoms with Crippen LogP contribution >= 0.6 is 0 Å². The molecule has 58 valence electrons. The van der Waals surface area contributed by atoms with Gasteiger partial charge in [-0.2, -0.15) is 0 Å². The number of rotatable bonds is 4. The third-order valence-electron chi connectivity index (χ3n) is 2.96. The van der Waals surface area contributed by atoms with Crippen molar-refractivity contribution in [3.05, 3.63) is 0 Å². The van der Waals surface area contributed by atoms with Crippen LogP contribution in [0.2, 0.25) is 0 Å². The van der Waals surface area contributed by atoms with Crippen LogP contribution in [-0.4, -0.2) is 6.29 Å². The summed E-state index contributed by atoms with van der Waals surface area (Å²) in [7, 11) is 0. The Balaban J connectivity index is 2.26. The van der Waals surface area contributed by atoms with Crippen molar-refractivity contribution in [2.24, 2.45) is 5.41 Å². The Morgan fingerprint density at radius 2 is 2.20 bits per heavy atom. The highest BCUT2D eigenvalue weighted by molar-refractivity contribution is 5.49. The molecule has 10 heavy (non-hydrogen) atoms. The molecule has 0 aromatic rings. The minimum absolute atomic E-state index is 0.584. The molecule has 1 aliphatic rings. The average Bonchev–Trinajstić information content (AvgIpc) is 1.87. The smallest absolute Gasteiger partial charge is 0.120 e. The first-order valence-electron chi connectivity index (χ1n) is 4.27. The number of carbonyl (C=O) groups excluding carboxylic acids is 1. The molecule has 0 heterocycles. The van der Waals surface area contributed by atoms with Crippen LogP contribution in [0.3, 0.4) is 0 Å². The first kappa shape index (κ1) is 7.77. The molecule has 1 nitrogen and oxygen atoms in total. The van der Waals surface area contributed by atoms with E-state index in [1.54, 1.807) is 0 Å². The van der Waals surface area contributed by atoms with E-state index < -0.39 is 0 Å².